The van der Waals surface area contributed by atoms with Gasteiger partial charge in [-0.2, -0.15) is 0 Å². The van der Waals surface area contributed by atoms with Crippen LogP contribution in [0.3, 0.4) is 0 Å². The Kier molecular flexibility index (Phi) is 4.88. The van der Waals surface area contributed by atoms with E-state index in [1.165, 1.54) is 12.1 Å². The first-order chi connectivity index (χ1) is 14.3. The lowest BCUT2D eigenvalue weighted by atomic mass is 9.52. The number of rotatable bonds is 6. The zero-order valence-electron chi connectivity index (χ0n) is 17.3. The summed E-state index contributed by atoms with van der Waals surface area (Å²) in [5.74, 6) is 1.19. The maximum absolute atomic E-state index is 13.2. The zero-order valence-corrected chi connectivity index (χ0v) is 17.3. The highest BCUT2D eigenvalue weighted by Gasteiger charge is 2.55. The minimum absolute atomic E-state index is 0.0202. The highest BCUT2D eigenvalue weighted by Crippen LogP contribution is 2.55. The van der Waals surface area contributed by atoms with Crippen molar-refractivity contribution in [2.24, 2.45) is 17.8 Å². The molecule has 1 aromatic rings. The molecule has 5 aliphatic rings. The lowest BCUT2D eigenvalue weighted by molar-refractivity contribution is -0.146. The molecule has 1 saturated heterocycles. The quantitative estimate of drug-likeness (QED) is 0.670. The SMILES string of the molecule is O=C(CC[C@@]1(Cc2ccc(F)cc2)CCC(=O)N1)NC1[C@@H]2CC3C[C@H]1CC(O)(C3)C2. The van der Waals surface area contributed by atoms with E-state index < -0.39 is 11.1 Å². The standard InChI is InChI=1S/C24H31FN2O3/c25-19-3-1-15(2-4-19)11-23(8-6-21(29)27-23)7-5-20(28)26-22-17-9-16-10-18(22)14-24(30,12-16)13-17/h1-4,16-18,22,30H,5-14H2,(H,26,28)(H,27,29)/t16?,17-,18+,22?,23-,24?/m0/s1. The second-order valence-corrected chi connectivity index (χ2v) is 10.4. The van der Waals surface area contributed by atoms with Crippen molar-refractivity contribution >= 4 is 11.8 Å². The number of amides is 2. The molecule has 162 valence electrons. The maximum atomic E-state index is 13.2. The molecule has 4 aliphatic carbocycles. The molecule has 3 unspecified atom stereocenters. The van der Waals surface area contributed by atoms with Crippen molar-refractivity contribution < 1.29 is 19.1 Å². The highest BCUT2D eigenvalue weighted by molar-refractivity contribution is 5.80. The van der Waals surface area contributed by atoms with E-state index in [1.807, 2.05) is 0 Å². The predicted molar refractivity (Wildman–Crippen MR) is 110 cm³/mol. The number of halogens is 1. The number of hydrogen-bond donors (Lipinski definition) is 3. The average Bonchev–Trinajstić information content (AvgIpc) is 3.04. The number of nitrogens with one attached hydrogen (secondary N) is 2. The molecule has 30 heavy (non-hydrogen) atoms. The molecular formula is C24H31FN2O3. The van der Waals surface area contributed by atoms with E-state index in [1.54, 1.807) is 12.1 Å². The van der Waals surface area contributed by atoms with E-state index >= 15 is 0 Å². The van der Waals surface area contributed by atoms with Crippen LogP contribution in [0, 0.1) is 23.6 Å². The van der Waals surface area contributed by atoms with Gasteiger partial charge >= 0.3 is 0 Å². The average molecular weight is 415 g/mol. The Bertz CT molecular complexity index is 825. The third-order valence-electron chi connectivity index (χ3n) is 8.09. The monoisotopic (exact) mass is 414 g/mol. The highest BCUT2D eigenvalue weighted by atomic mass is 19.1. The van der Waals surface area contributed by atoms with Crippen LogP contribution in [0.25, 0.3) is 0 Å². The van der Waals surface area contributed by atoms with Gasteiger partial charge < -0.3 is 15.7 Å². The van der Waals surface area contributed by atoms with Crippen LogP contribution < -0.4 is 10.6 Å². The van der Waals surface area contributed by atoms with Crippen LogP contribution in [-0.2, 0) is 16.0 Å². The minimum atomic E-state index is -0.495. The molecule has 6 heteroatoms. The molecule has 5 nitrogen and oxygen atoms in total. The fourth-order valence-electron chi connectivity index (χ4n) is 7.00. The summed E-state index contributed by atoms with van der Waals surface area (Å²) in [4.78, 5) is 24.8. The van der Waals surface area contributed by atoms with Crippen molar-refractivity contribution in [3.63, 3.8) is 0 Å². The lowest BCUT2D eigenvalue weighted by Gasteiger charge is -2.58. The fourth-order valence-corrected chi connectivity index (χ4v) is 7.00. The molecule has 4 bridgehead atoms. The topological polar surface area (TPSA) is 78.4 Å². The first-order valence-electron chi connectivity index (χ1n) is 11.4. The van der Waals surface area contributed by atoms with Crippen LogP contribution in [0.4, 0.5) is 4.39 Å². The summed E-state index contributed by atoms with van der Waals surface area (Å²) in [7, 11) is 0. The number of aliphatic hydroxyl groups is 1. The molecule has 1 aliphatic heterocycles. The Morgan fingerprint density at radius 2 is 1.87 bits per heavy atom. The summed E-state index contributed by atoms with van der Waals surface area (Å²) >= 11 is 0. The summed E-state index contributed by atoms with van der Waals surface area (Å²) in [5.41, 5.74) is 0.0320. The van der Waals surface area contributed by atoms with Crippen LogP contribution in [0.5, 0.6) is 0 Å². The van der Waals surface area contributed by atoms with Gasteiger partial charge in [0.2, 0.25) is 11.8 Å². The molecule has 1 aromatic carbocycles. The van der Waals surface area contributed by atoms with Crippen molar-refractivity contribution in [1.29, 1.82) is 0 Å². The van der Waals surface area contributed by atoms with Crippen LogP contribution in [0.15, 0.2) is 24.3 Å². The van der Waals surface area contributed by atoms with Gasteiger partial charge in [0.05, 0.1) is 5.60 Å². The van der Waals surface area contributed by atoms with E-state index in [0.717, 1.165) is 37.7 Å². The van der Waals surface area contributed by atoms with E-state index in [0.29, 0.717) is 49.9 Å². The summed E-state index contributed by atoms with van der Waals surface area (Å²) in [6, 6.07) is 6.56. The van der Waals surface area contributed by atoms with Gasteiger partial charge in [0.25, 0.3) is 0 Å². The third kappa shape index (κ3) is 3.86. The Hall–Kier alpha value is -1.95. The smallest absolute Gasteiger partial charge is 0.220 e. The molecule has 5 fully saturated rings. The zero-order chi connectivity index (χ0) is 20.9. The van der Waals surface area contributed by atoms with E-state index in [9.17, 15) is 19.1 Å². The molecule has 0 radical (unpaired) electrons. The fraction of sp³-hybridized carbons (Fsp3) is 0.667. The van der Waals surface area contributed by atoms with Gasteiger partial charge in [0, 0.05) is 24.4 Å². The second kappa shape index (κ2) is 7.33. The van der Waals surface area contributed by atoms with Gasteiger partial charge in [-0.1, -0.05) is 12.1 Å². The van der Waals surface area contributed by atoms with E-state index in [-0.39, 0.29) is 23.7 Å². The summed E-state index contributed by atoms with van der Waals surface area (Å²) in [6.07, 6.45) is 7.52. The van der Waals surface area contributed by atoms with Gasteiger partial charge in [-0.25, -0.2) is 4.39 Å². The van der Waals surface area contributed by atoms with Crippen molar-refractivity contribution in [1.82, 2.24) is 10.6 Å². The van der Waals surface area contributed by atoms with Crippen molar-refractivity contribution in [3.05, 3.63) is 35.6 Å². The molecule has 0 aromatic heterocycles. The predicted octanol–water partition coefficient (Wildman–Crippen LogP) is 2.85. The van der Waals surface area contributed by atoms with Gasteiger partial charge in [0.1, 0.15) is 5.82 Å². The number of carbonyl (C=O) groups is 2. The summed E-state index contributed by atoms with van der Waals surface area (Å²) in [5, 5.41) is 17.1. The Labute approximate surface area is 176 Å². The number of benzene rings is 1. The third-order valence-corrected chi connectivity index (χ3v) is 8.09. The molecule has 6 rings (SSSR count). The Balaban J connectivity index is 1.21. The number of carbonyl (C=O) groups excluding carboxylic acids is 2. The molecule has 1 heterocycles. The van der Waals surface area contributed by atoms with E-state index in [2.05, 4.69) is 10.6 Å². The van der Waals surface area contributed by atoms with Gasteiger partial charge in [-0.3, -0.25) is 9.59 Å². The van der Waals surface area contributed by atoms with Crippen LogP contribution in [0.2, 0.25) is 0 Å². The van der Waals surface area contributed by atoms with Crippen molar-refractivity contribution in [2.45, 2.75) is 81.4 Å². The lowest BCUT2D eigenvalue weighted by Crippen LogP contribution is -2.61. The Morgan fingerprint density at radius 3 is 2.47 bits per heavy atom. The summed E-state index contributed by atoms with van der Waals surface area (Å²) < 4.78 is 13.2. The molecule has 0 spiro atoms. The van der Waals surface area contributed by atoms with Gasteiger partial charge in [-0.15, -0.1) is 0 Å². The van der Waals surface area contributed by atoms with Crippen molar-refractivity contribution in [3.8, 4) is 0 Å². The Morgan fingerprint density at radius 1 is 1.17 bits per heavy atom. The van der Waals surface area contributed by atoms with E-state index in [4.69, 9.17) is 0 Å². The summed E-state index contributed by atoms with van der Waals surface area (Å²) in [6.45, 7) is 0. The van der Waals surface area contributed by atoms with Gasteiger partial charge in [0.15, 0.2) is 0 Å². The van der Waals surface area contributed by atoms with Crippen LogP contribution in [0.1, 0.15) is 63.4 Å². The van der Waals surface area contributed by atoms with Crippen LogP contribution in [-0.4, -0.2) is 34.1 Å². The largest absolute Gasteiger partial charge is 0.390 e. The first kappa shape index (κ1) is 20.0. The first-order valence-corrected chi connectivity index (χ1v) is 11.4. The molecule has 6 atom stereocenters. The molecule has 3 N–H and O–H groups in total. The van der Waals surface area contributed by atoms with Gasteiger partial charge in [-0.05, 0) is 86.8 Å². The van der Waals surface area contributed by atoms with Crippen LogP contribution >= 0.6 is 0 Å². The number of hydrogen-bond acceptors (Lipinski definition) is 3. The van der Waals surface area contributed by atoms with Crippen molar-refractivity contribution in [2.75, 3.05) is 0 Å². The minimum Gasteiger partial charge on any atom is -0.390 e. The molecule has 2 amide bonds. The maximum Gasteiger partial charge on any atom is 0.220 e. The second-order valence-electron chi connectivity index (χ2n) is 10.4. The molecule has 4 saturated carbocycles. The molecular weight excluding hydrogens is 383 g/mol. The normalized spacial score (nSPS) is 39.2.